The lowest BCUT2D eigenvalue weighted by molar-refractivity contribution is 0.205. The quantitative estimate of drug-likeness (QED) is 0.735. The number of rotatable bonds is 6. The van der Waals surface area contributed by atoms with Crippen molar-refractivity contribution >= 4 is 0 Å². The molecule has 0 bridgehead atoms. The molecule has 0 aliphatic rings. The first kappa shape index (κ1) is 11.7. The van der Waals surface area contributed by atoms with Gasteiger partial charge >= 0.3 is 12.0 Å². The second kappa shape index (κ2) is 5.48. The van der Waals surface area contributed by atoms with Gasteiger partial charge in [-0.15, -0.1) is 0 Å². The highest BCUT2D eigenvalue weighted by Crippen LogP contribution is 2.42. The average Bonchev–Trinajstić information content (AvgIpc) is 2.48. The second-order valence-corrected chi connectivity index (χ2v) is 2.62. The molecule has 0 unspecified atom stereocenters. The monoisotopic (exact) mass is 218 g/mol. The van der Waals surface area contributed by atoms with E-state index in [0.29, 0.717) is 19.8 Å². The standard InChI is InChI=1S/C10H15FO4/c1-4-12-7-8(13-5-2)10(14-6-3)15-9(7)11/h4-6H2,1-3H3. The van der Waals surface area contributed by atoms with Gasteiger partial charge in [0.25, 0.3) is 0 Å². The summed E-state index contributed by atoms with van der Waals surface area (Å²) in [6, 6.07) is -0.816. The van der Waals surface area contributed by atoms with Gasteiger partial charge in [-0.3, -0.25) is 0 Å². The number of halogens is 1. The topological polar surface area (TPSA) is 40.8 Å². The van der Waals surface area contributed by atoms with Gasteiger partial charge in [-0.05, 0) is 20.8 Å². The molecule has 1 rings (SSSR count). The van der Waals surface area contributed by atoms with Crippen molar-refractivity contribution in [2.75, 3.05) is 19.8 Å². The zero-order chi connectivity index (χ0) is 11.3. The van der Waals surface area contributed by atoms with E-state index in [9.17, 15) is 4.39 Å². The molecule has 1 heterocycles. The van der Waals surface area contributed by atoms with Gasteiger partial charge in [0.2, 0.25) is 11.5 Å². The van der Waals surface area contributed by atoms with Crippen molar-refractivity contribution < 1.29 is 23.0 Å². The maximum absolute atomic E-state index is 13.3. The third-order valence-corrected chi connectivity index (χ3v) is 1.61. The van der Waals surface area contributed by atoms with Crippen LogP contribution in [0, 0.1) is 6.01 Å². The molecule has 0 saturated heterocycles. The van der Waals surface area contributed by atoms with Crippen LogP contribution in [0.5, 0.6) is 17.4 Å². The van der Waals surface area contributed by atoms with E-state index in [1.54, 1.807) is 20.8 Å². The molecule has 0 saturated carbocycles. The Balaban J connectivity index is 3.00. The minimum atomic E-state index is -0.816. The smallest absolute Gasteiger partial charge is 0.335 e. The summed E-state index contributed by atoms with van der Waals surface area (Å²) in [6.07, 6.45) is 0. The summed E-state index contributed by atoms with van der Waals surface area (Å²) in [7, 11) is 0. The first-order chi connectivity index (χ1) is 7.24. The maximum atomic E-state index is 13.3. The van der Waals surface area contributed by atoms with Crippen LogP contribution in [0.1, 0.15) is 20.8 Å². The molecule has 4 nitrogen and oxygen atoms in total. The van der Waals surface area contributed by atoms with E-state index in [-0.39, 0.29) is 17.4 Å². The molecular formula is C10H15FO4. The van der Waals surface area contributed by atoms with Crippen molar-refractivity contribution in [2.24, 2.45) is 0 Å². The highest BCUT2D eigenvalue weighted by Gasteiger charge is 2.24. The largest absolute Gasteiger partial charge is 0.485 e. The lowest BCUT2D eigenvalue weighted by Gasteiger charge is -2.05. The van der Waals surface area contributed by atoms with Crippen molar-refractivity contribution in [3.05, 3.63) is 6.01 Å². The predicted molar refractivity (Wildman–Crippen MR) is 52.2 cm³/mol. The lowest BCUT2D eigenvalue weighted by Crippen LogP contribution is -1.99. The Morgan fingerprint density at radius 1 is 0.933 bits per heavy atom. The van der Waals surface area contributed by atoms with Crippen LogP contribution < -0.4 is 14.2 Å². The summed E-state index contributed by atoms with van der Waals surface area (Å²) < 4.78 is 33.4. The Morgan fingerprint density at radius 3 is 2.00 bits per heavy atom. The van der Waals surface area contributed by atoms with Crippen LogP contribution in [0.25, 0.3) is 0 Å². The summed E-state index contributed by atoms with van der Waals surface area (Å²) in [6.45, 7) is 6.41. The molecule has 0 radical (unpaired) electrons. The van der Waals surface area contributed by atoms with Crippen LogP contribution in [0.2, 0.25) is 0 Å². The fraction of sp³-hybridized carbons (Fsp3) is 0.600. The summed E-state index contributed by atoms with van der Waals surface area (Å²) >= 11 is 0. The minimum absolute atomic E-state index is 0.0252. The van der Waals surface area contributed by atoms with E-state index < -0.39 is 6.01 Å². The van der Waals surface area contributed by atoms with E-state index in [0.717, 1.165) is 0 Å². The highest BCUT2D eigenvalue weighted by atomic mass is 19.1. The summed E-state index contributed by atoms with van der Waals surface area (Å²) in [4.78, 5) is 0. The second-order valence-electron chi connectivity index (χ2n) is 2.62. The molecule has 0 N–H and O–H groups in total. The zero-order valence-corrected chi connectivity index (χ0v) is 9.13. The van der Waals surface area contributed by atoms with E-state index in [4.69, 9.17) is 18.6 Å². The fourth-order valence-corrected chi connectivity index (χ4v) is 1.12. The van der Waals surface area contributed by atoms with E-state index in [1.165, 1.54) is 0 Å². The molecule has 0 atom stereocenters. The minimum Gasteiger partial charge on any atom is -0.485 e. The van der Waals surface area contributed by atoms with Gasteiger partial charge in [0.05, 0.1) is 19.8 Å². The molecule has 15 heavy (non-hydrogen) atoms. The molecule has 0 aliphatic heterocycles. The highest BCUT2D eigenvalue weighted by molar-refractivity contribution is 5.46. The van der Waals surface area contributed by atoms with Crippen molar-refractivity contribution in [1.29, 1.82) is 0 Å². The molecule has 1 aromatic heterocycles. The van der Waals surface area contributed by atoms with Crippen molar-refractivity contribution in [1.82, 2.24) is 0 Å². The Bertz CT molecular complexity index is 309. The first-order valence-electron chi connectivity index (χ1n) is 4.95. The van der Waals surface area contributed by atoms with Gasteiger partial charge in [0.1, 0.15) is 0 Å². The molecule has 0 spiro atoms. The van der Waals surface area contributed by atoms with E-state index in [1.807, 2.05) is 0 Å². The van der Waals surface area contributed by atoms with Crippen LogP contribution in [0.3, 0.4) is 0 Å². The van der Waals surface area contributed by atoms with Gasteiger partial charge < -0.3 is 18.6 Å². The number of hydrogen-bond donors (Lipinski definition) is 0. The van der Waals surface area contributed by atoms with Crippen molar-refractivity contribution in [3.63, 3.8) is 0 Å². The van der Waals surface area contributed by atoms with E-state index >= 15 is 0 Å². The fourth-order valence-electron chi connectivity index (χ4n) is 1.12. The first-order valence-corrected chi connectivity index (χ1v) is 4.95. The SMILES string of the molecule is CCOc1oc(F)c(OCC)c1OCC. The summed E-state index contributed by atoms with van der Waals surface area (Å²) in [5.41, 5.74) is 0. The summed E-state index contributed by atoms with van der Waals surface area (Å²) in [5, 5.41) is 0. The molecule has 1 aromatic rings. The third-order valence-electron chi connectivity index (χ3n) is 1.61. The molecule has 0 amide bonds. The van der Waals surface area contributed by atoms with Gasteiger partial charge in [0, 0.05) is 0 Å². The van der Waals surface area contributed by atoms with Gasteiger partial charge in [0.15, 0.2) is 0 Å². The van der Waals surface area contributed by atoms with Crippen molar-refractivity contribution in [2.45, 2.75) is 20.8 Å². The molecule has 0 fully saturated rings. The van der Waals surface area contributed by atoms with Crippen LogP contribution >= 0.6 is 0 Å². The molecule has 5 heteroatoms. The normalized spacial score (nSPS) is 10.1. The number of furan rings is 1. The molecule has 0 aromatic carbocycles. The molecule has 86 valence electrons. The Kier molecular flexibility index (Phi) is 4.27. The van der Waals surface area contributed by atoms with Crippen LogP contribution in [-0.4, -0.2) is 19.8 Å². The van der Waals surface area contributed by atoms with E-state index in [2.05, 4.69) is 0 Å². The maximum Gasteiger partial charge on any atom is 0.335 e. The average molecular weight is 218 g/mol. The third kappa shape index (κ3) is 2.55. The van der Waals surface area contributed by atoms with Crippen LogP contribution in [0.15, 0.2) is 4.42 Å². The Morgan fingerprint density at radius 2 is 1.47 bits per heavy atom. The van der Waals surface area contributed by atoms with Gasteiger partial charge in [-0.1, -0.05) is 0 Å². The molecule has 0 aliphatic carbocycles. The number of ether oxygens (including phenoxy) is 3. The van der Waals surface area contributed by atoms with Gasteiger partial charge in [-0.2, -0.15) is 4.39 Å². The number of hydrogen-bond acceptors (Lipinski definition) is 4. The Hall–Kier alpha value is -1.39. The molecular weight excluding hydrogens is 203 g/mol. The Labute approximate surface area is 87.9 Å². The lowest BCUT2D eigenvalue weighted by atomic mass is 10.5. The summed E-state index contributed by atoms with van der Waals surface area (Å²) in [5.74, 6) is 0.196. The van der Waals surface area contributed by atoms with Crippen LogP contribution in [0.4, 0.5) is 4.39 Å². The van der Waals surface area contributed by atoms with Crippen molar-refractivity contribution in [3.8, 4) is 17.4 Å². The van der Waals surface area contributed by atoms with Crippen LogP contribution in [-0.2, 0) is 0 Å². The predicted octanol–water partition coefficient (Wildman–Crippen LogP) is 2.61. The zero-order valence-electron chi connectivity index (χ0n) is 9.13. The van der Waals surface area contributed by atoms with Gasteiger partial charge in [-0.25, -0.2) is 0 Å².